The molecule has 2 aromatic heterocycles. The first-order chi connectivity index (χ1) is 8.20. The van der Waals surface area contributed by atoms with Crippen LogP contribution < -0.4 is 10.2 Å². The topological polar surface area (TPSA) is 41.1 Å². The molecule has 2 aromatic rings. The highest BCUT2D eigenvalue weighted by molar-refractivity contribution is 7.07. The number of hydrogen-bond acceptors (Lipinski definition) is 5. The smallest absolute Gasteiger partial charge is 0.224 e. The van der Waals surface area contributed by atoms with E-state index < -0.39 is 5.82 Å². The second kappa shape index (κ2) is 5.09. The molecule has 6 heteroatoms. The molecule has 0 fully saturated rings. The molecule has 0 aromatic carbocycles. The molecule has 0 aliphatic heterocycles. The van der Waals surface area contributed by atoms with E-state index in [1.54, 1.807) is 23.3 Å². The summed E-state index contributed by atoms with van der Waals surface area (Å²) in [4.78, 5) is 9.68. The number of rotatable bonds is 4. The van der Waals surface area contributed by atoms with Crippen molar-refractivity contribution in [1.29, 1.82) is 0 Å². The number of nitrogens with zero attached hydrogens (tertiary/aromatic N) is 3. The molecule has 0 aliphatic carbocycles. The molecule has 0 bridgehead atoms. The fraction of sp³-hybridized carbons (Fsp3) is 0.273. The van der Waals surface area contributed by atoms with Crippen LogP contribution in [0.15, 0.2) is 23.0 Å². The molecule has 2 heterocycles. The molecule has 0 spiro atoms. The summed E-state index contributed by atoms with van der Waals surface area (Å²) in [5.74, 6) is 0.302. The lowest BCUT2D eigenvalue weighted by Gasteiger charge is -2.18. The van der Waals surface area contributed by atoms with Gasteiger partial charge < -0.3 is 10.2 Å². The van der Waals surface area contributed by atoms with E-state index in [-0.39, 0.29) is 0 Å². The van der Waals surface area contributed by atoms with Gasteiger partial charge in [-0.25, -0.2) is 9.37 Å². The minimum Gasteiger partial charge on any atom is -0.357 e. The van der Waals surface area contributed by atoms with Crippen LogP contribution in [0.1, 0.15) is 5.56 Å². The maximum absolute atomic E-state index is 13.6. The second-order valence-electron chi connectivity index (χ2n) is 3.60. The summed E-state index contributed by atoms with van der Waals surface area (Å²) in [6.45, 7) is 0.626. The van der Waals surface area contributed by atoms with Crippen LogP contribution in [0.4, 0.5) is 16.2 Å². The SMILES string of the molecule is CNc1ncc(F)c(N(C)Cc2ccsc2)n1. The first kappa shape index (κ1) is 11.8. The molecular weight excluding hydrogens is 239 g/mol. The summed E-state index contributed by atoms with van der Waals surface area (Å²) in [6.07, 6.45) is 1.18. The molecule has 0 atom stereocenters. The molecule has 2 rings (SSSR count). The molecule has 4 nitrogen and oxygen atoms in total. The normalized spacial score (nSPS) is 10.3. The van der Waals surface area contributed by atoms with Gasteiger partial charge in [0.1, 0.15) is 0 Å². The zero-order chi connectivity index (χ0) is 12.3. The lowest BCUT2D eigenvalue weighted by molar-refractivity contribution is 0.608. The number of anilines is 2. The third-order valence-corrected chi connectivity index (χ3v) is 3.04. The van der Waals surface area contributed by atoms with Crippen molar-refractivity contribution < 1.29 is 4.39 Å². The van der Waals surface area contributed by atoms with E-state index in [1.807, 2.05) is 23.9 Å². The van der Waals surface area contributed by atoms with E-state index in [9.17, 15) is 4.39 Å². The van der Waals surface area contributed by atoms with Crippen molar-refractivity contribution in [3.8, 4) is 0 Å². The van der Waals surface area contributed by atoms with Gasteiger partial charge in [0.05, 0.1) is 6.20 Å². The molecule has 17 heavy (non-hydrogen) atoms. The molecule has 0 saturated heterocycles. The largest absolute Gasteiger partial charge is 0.357 e. The average molecular weight is 252 g/mol. The van der Waals surface area contributed by atoms with Gasteiger partial charge in [0.25, 0.3) is 0 Å². The monoisotopic (exact) mass is 252 g/mol. The third-order valence-electron chi connectivity index (χ3n) is 2.31. The Morgan fingerprint density at radius 2 is 2.35 bits per heavy atom. The lowest BCUT2D eigenvalue weighted by atomic mass is 10.3. The van der Waals surface area contributed by atoms with Crippen molar-refractivity contribution in [3.63, 3.8) is 0 Å². The Bertz CT molecular complexity index is 486. The predicted molar refractivity (Wildman–Crippen MR) is 68.0 cm³/mol. The molecular formula is C11H13FN4S. The van der Waals surface area contributed by atoms with Crippen molar-refractivity contribution >= 4 is 23.1 Å². The zero-order valence-electron chi connectivity index (χ0n) is 9.64. The highest BCUT2D eigenvalue weighted by Crippen LogP contribution is 2.18. The summed E-state index contributed by atoms with van der Waals surface area (Å²) in [5, 5.41) is 6.83. The van der Waals surface area contributed by atoms with Crippen molar-refractivity contribution in [1.82, 2.24) is 9.97 Å². The van der Waals surface area contributed by atoms with Gasteiger partial charge in [0.2, 0.25) is 5.95 Å². The summed E-state index contributed by atoms with van der Waals surface area (Å²) < 4.78 is 13.6. The number of thiophene rings is 1. The number of nitrogens with one attached hydrogen (secondary N) is 1. The predicted octanol–water partition coefficient (Wildman–Crippen LogP) is 2.36. The van der Waals surface area contributed by atoms with E-state index in [4.69, 9.17) is 0 Å². The van der Waals surface area contributed by atoms with Crippen LogP contribution in [-0.4, -0.2) is 24.1 Å². The van der Waals surface area contributed by atoms with Crippen LogP contribution in [0.3, 0.4) is 0 Å². The maximum atomic E-state index is 13.6. The van der Waals surface area contributed by atoms with E-state index in [0.29, 0.717) is 18.3 Å². The lowest BCUT2D eigenvalue weighted by Crippen LogP contribution is -2.19. The second-order valence-corrected chi connectivity index (χ2v) is 4.38. The molecule has 1 N–H and O–H groups in total. The van der Waals surface area contributed by atoms with E-state index in [0.717, 1.165) is 5.56 Å². The quantitative estimate of drug-likeness (QED) is 0.907. The molecule has 90 valence electrons. The van der Waals surface area contributed by atoms with Gasteiger partial charge in [-0.2, -0.15) is 16.3 Å². The minimum absolute atomic E-state index is 0.301. The summed E-state index contributed by atoms with van der Waals surface area (Å²) in [6, 6.07) is 2.01. The number of halogens is 1. The van der Waals surface area contributed by atoms with Crippen molar-refractivity contribution in [3.05, 3.63) is 34.4 Å². The van der Waals surface area contributed by atoms with E-state index in [1.165, 1.54) is 6.20 Å². The summed E-state index contributed by atoms with van der Waals surface area (Å²) in [5.41, 5.74) is 1.14. The minimum atomic E-state index is -0.415. The van der Waals surface area contributed by atoms with Gasteiger partial charge in [0, 0.05) is 20.6 Å². The Kier molecular flexibility index (Phi) is 3.53. The molecule has 0 unspecified atom stereocenters. The fourth-order valence-electron chi connectivity index (χ4n) is 1.48. The maximum Gasteiger partial charge on any atom is 0.224 e. The van der Waals surface area contributed by atoms with Gasteiger partial charge in [-0.15, -0.1) is 0 Å². The van der Waals surface area contributed by atoms with Gasteiger partial charge in [-0.3, -0.25) is 0 Å². The van der Waals surface area contributed by atoms with Crippen LogP contribution in [0.25, 0.3) is 0 Å². The van der Waals surface area contributed by atoms with Gasteiger partial charge >= 0.3 is 0 Å². The molecule has 0 amide bonds. The molecule has 0 aliphatic rings. The zero-order valence-corrected chi connectivity index (χ0v) is 10.5. The highest BCUT2D eigenvalue weighted by atomic mass is 32.1. The van der Waals surface area contributed by atoms with Gasteiger partial charge in [-0.05, 0) is 22.4 Å². The molecule has 0 saturated carbocycles. The first-order valence-corrected chi connectivity index (χ1v) is 6.07. The van der Waals surface area contributed by atoms with Crippen LogP contribution >= 0.6 is 11.3 Å². The first-order valence-electron chi connectivity index (χ1n) is 5.13. The van der Waals surface area contributed by atoms with Gasteiger partial charge in [0.15, 0.2) is 11.6 Å². The Labute approximate surface area is 103 Å². The number of aromatic nitrogens is 2. The van der Waals surface area contributed by atoms with Crippen molar-refractivity contribution in [2.75, 3.05) is 24.3 Å². The average Bonchev–Trinajstić information content (AvgIpc) is 2.82. The standard InChI is InChI=1S/C11H13FN4S/c1-13-11-14-5-9(12)10(15-11)16(2)6-8-3-4-17-7-8/h3-5,7H,6H2,1-2H3,(H,13,14,15). The van der Waals surface area contributed by atoms with Crippen LogP contribution in [0.2, 0.25) is 0 Å². The third kappa shape index (κ3) is 2.71. The van der Waals surface area contributed by atoms with Crippen LogP contribution in [-0.2, 0) is 6.54 Å². The summed E-state index contributed by atoms with van der Waals surface area (Å²) >= 11 is 1.62. The highest BCUT2D eigenvalue weighted by Gasteiger charge is 2.11. The number of hydrogen-bond donors (Lipinski definition) is 1. The Balaban J connectivity index is 2.20. The van der Waals surface area contributed by atoms with E-state index in [2.05, 4.69) is 15.3 Å². The Morgan fingerprint density at radius 1 is 1.53 bits per heavy atom. The molecule has 0 radical (unpaired) electrons. The van der Waals surface area contributed by atoms with Gasteiger partial charge in [-0.1, -0.05) is 0 Å². The fourth-order valence-corrected chi connectivity index (χ4v) is 2.14. The Morgan fingerprint density at radius 3 is 3.00 bits per heavy atom. The van der Waals surface area contributed by atoms with Crippen LogP contribution in [0, 0.1) is 5.82 Å². The van der Waals surface area contributed by atoms with E-state index >= 15 is 0 Å². The van der Waals surface area contributed by atoms with Crippen molar-refractivity contribution in [2.45, 2.75) is 6.54 Å². The summed E-state index contributed by atoms with van der Waals surface area (Å²) in [7, 11) is 3.51. The van der Waals surface area contributed by atoms with Crippen molar-refractivity contribution in [2.24, 2.45) is 0 Å². The Hall–Kier alpha value is -1.69. The van der Waals surface area contributed by atoms with Crippen LogP contribution in [0.5, 0.6) is 0 Å².